The van der Waals surface area contributed by atoms with Crippen LogP contribution in [0.1, 0.15) is 54.9 Å². The van der Waals surface area contributed by atoms with Gasteiger partial charge in [-0.05, 0) is 60.9 Å². The SMILES string of the molecule is C/C1=C/COCC#CCC2(O)C(=C[C@@H](O[Si](C)(C)C(C)(C)C)[C@@H]2O[Si](C)(C)C(C)(C)C)C#C1. The Hall–Kier alpha value is -1.13. The summed E-state index contributed by atoms with van der Waals surface area (Å²) in [6, 6.07) is 0. The summed E-state index contributed by atoms with van der Waals surface area (Å²) in [7, 11) is -4.37. The van der Waals surface area contributed by atoms with Gasteiger partial charge in [-0.25, -0.2) is 0 Å². The third-order valence-corrected chi connectivity index (χ3v) is 16.5. The molecule has 6 heteroatoms. The summed E-state index contributed by atoms with van der Waals surface area (Å²) < 4.78 is 19.3. The van der Waals surface area contributed by atoms with Crippen LogP contribution in [0, 0.1) is 23.7 Å². The summed E-state index contributed by atoms with van der Waals surface area (Å²) in [4.78, 5) is 0. The Labute approximate surface area is 204 Å². The van der Waals surface area contributed by atoms with Crippen molar-refractivity contribution in [3.05, 3.63) is 23.3 Å². The quantitative estimate of drug-likeness (QED) is 0.401. The molecular weight excluding hydrogens is 444 g/mol. The molecule has 0 saturated carbocycles. The number of aliphatic hydroxyl groups is 1. The van der Waals surface area contributed by atoms with Crippen molar-refractivity contribution in [1.82, 2.24) is 0 Å². The van der Waals surface area contributed by atoms with Crippen molar-refractivity contribution in [2.45, 2.75) is 109 Å². The van der Waals surface area contributed by atoms with E-state index in [1.165, 1.54) is 0 Å². The molecule has 4 nitrogen and oxygen atoms in total. The van der Waals surface area contributed by atoms with Crippen molar-refractivity contribution in [2.24, 2.45) is 0 Å². The lowest BCUT2D eigenvalue weighted by Crippen LogP contribution is -2.57. The van der Waals surface area contributed by atoms with Crippen molar-refractivity contribution in [2.75, 3.05) is 13.2 Å². The van der Waals surface area contributed by atoms with Gasteiger partial charge in [-0.2, -0.15) is 0 Å². The fourth-order valence-corrected chi connectivity index (χ4v) is 5.74. The van der Waals surface area contributed by atoms with Gasteiger partial charge in [-0.3, -0.25) is 0 Å². The molecule has 184 valence electrons. The van der Waals surface area contributed by atoms with Crippen LogP contribution in [0.3, 0.4) is 0 Å². The van der Waals surface area contributed by atoms with Gasteiger partial charge in [0.2, 0.25) is 0 Å². The number of fused-ring (bicyclic) bond motifs is 1. The molecule has 1 aliphatic heterocycles. The molecule has 0 radical (unpaired) electrons. The number of hydrogen-bond donors (Lipinski definition) is 1. The summed E-state index contributed by atoms with van der Waals surface area (Å²) in [5, 5.41) is 12.2. The van der Waals surface area contributed by atoms with E-state index in [-0.39, 0.29) is 22.6 Å². The molecule has 2 rings (SSSR count). The molecule has 0 aromatic rings. The van der Waals surface area contributed by atoms with E-state index in [4.69, 9.17) is 13.6 Å². The lowest BCUT2D eigenvalue weighted by molar-refractivity contribution is -0.0606. The number of hydrogen-bond acceptors (Lipinski definition) is 4. The van der Waals surface area contributed by atoms with Gasteiger partial charge in [0, 0.05) is 12.0 Å². The maximum absolute atomic E-state index is 12.1. The molecule has 1 heterocycles. The van der Waals surface area contributed by atoms with E-state index in [9.17, 15) is 5.11 Å². The summed E-state index contributed by atoms with van der Waals surface area (Å²) in [6.07, 6.45) is 3.25. The Balaban J connectivity index is 2.62. The monoisotopic (exact) mass is 488 g/mol. The molecule has 1 unspecified atom stereocenters. The predicted octanol–water partition coefficient (Wildman–Crippen LogP) is 5.81. The van der Waals surface area contributed by atoms with E-state index in [1.54, 1.807) is 0 Å². The number of ether oxygens (including phenoxy) is 1. The minimum atomic E-state index is -2.23. The zero-order chi connectivity index (χ0) is 25.3. The molecule has 33 heavy (non-hydrogen) atoms. The smallest absolute Gasteiger partial charge is 0.193 e. The van der Waals surface area contributed by atoms with Crippen molar-refractivity contribution in [1.29, 1.82) is 0 Å². The molecule has 0 aromatic carbocycles. The second-order valence-corrected chi connectivity index (χ2v) is 21.8. The van der Waals surface area contributed by atoms with E-state index in [0.29, 0.717) is 18.8 Å². The van der Waals surface area contributed by atoms with Gasteiger partial charge in [0.25, 0.3) is 0 Å². The molecule has 1 aliphatic carbocycles. The molecular formula is C27H44O4Si2. The van der Waals surface area contributed by atoms with Crippen molar-refractivity contribution in [3.63, 3.8) is 0 Å². The van der Waals surface area contributed by atoms with Crippen LogP contribution in [0.2, 0.25) is 36.3 Å². The van der Waals surface area contributed by atoms with Gasteiger partial charge in [0.05, 0.1) is 12.7 Å². The fraction of sp³-hybridized carbons (Fsp3) is 0.704. The van der Waals surface area contributed by atoms with Crippen LogP contribution in [0.5, 0.6) is 0 Å². The summed E-state index contributed by atoms with van der Waals surface area (Å²) in [6.45, 7) is 25.0. The van der Waals surface area contributed by atoms with Crippen molar-refractivity contribution >= 4 is 16.6 Å². The summed E-state index contributed by atoms with van der Waals surface area (Å²) in [5.41, 5.74) is 0.225. The number of rotatable bonds is 4. The highest BCUT2D eigenvalue weighted by atomic mass is 28.4. The standard InChI is InChI=1S/C27H44O4Si2/c1-21-14-15-22-20-23(30-32(8,9)25(2,3)4)24(31-33(10,11)26(5,6)7)27(22,28)17-12-13-18-29-19-16-21/h16,20,23-24,28H,17-19H2,1-11H3/b21-16-/t23-,24+,27?/m1/s1. The zero-order valence-corrected chi connectivity index (χ0v) is 24.6. The minimum Gasteiger partial charge on any atom is -0.408 e. The minimum absolute atomic E-state index is 0.0104. The lowest BCUT2D eigenvalue weighted by atomic mass is 9.89. The Morgan fingerprint density at radius 2 is 1.55 bits per heavy atom. The Morgan fingerprint density at radius 3 is 2.12 bits per heavy atom. The zero-order valence-electron chi connectivity index (χ0n) is 22.6. The maximum Gasteiger partial charge on any atom is 0.193 e. The Bertz CT molecular complexity index is 910. The first-order valence-corrected chi connectivity index (χ1v) is 17.7. The van der Waals surface area contributed by atoms with E-state index in [0.717, 1.165) is 5.57 Å². The average Bonchev–Trinajstić information content (AvgIpc) is 2.87. The van der Waals surface area contributed by atoms with Crippen LogP contribution in [0.15, 0.2) is 23.3 Å². The molecule has 1 N–H and O–H groups in total. The Morgan fingerprint density at radius 1 is 0.970 bits per heavy atom. The van der Waals surface area contributed by atoms with E-state index in [1.807, 2.05) is 19.1 Å². The van der Waals surface area contributed by atoms with Crippen LogP contribution >= 0.6 is 0 Å². The average molecular weight is 489 g/mol. The second kappa shape index (κ2) is 9.86. The fourth-order valence-electron chi connectivity index (χ4n) is 3.20. The van der Waals surface area contributed by atoms with Crippen molar-refractivity contribution in [3.8, 4) is 23.7 Å². The van der Waals surface area contributed by atoms with E-state index >= 15 is 0 Å². The lowest BCUT2D eigenvalue weighted by Gasteiger charge is -2.46. The molecule has 3 atom stereocenters. The van der Waals surface area contributed by atoms with Gasteiger partial charge in [0.15, 0.2) is 16.6 Å². The van der Waals surface area contributed by atoms with Crippen LogP contribution < -0.4 is 0 Å². The van der Waals surface area contributed by atoms with Crippen LogP contribution in [0.25, 0.3) is 0 Å². The van der Waals surface area contributed by atoms with Gasteiger partial charge < -0.3 is 18.7 Å². The van der Waals surface area contributed by atoms with Crippen molar-refractivity contribution < 1.29 is 18.7 Å². The molecule has 0 aromatic heterocycles. The van der Waals surface area contributed by atoms with E-state index in [2.05, 4.69) is 91.4 Å². The van der Waals surface area contributed by atoms with Gasteiger partial charge >= 0.3 is 0 Å². The highest BCUT2D eigenvalue weighted by Crippen LogP contribution is 2.46. The highest BCUT2D eigenvalue weighted by Gasteiger charge is 2.55. The molecule has 0 spiro atoms. The van der Waals surface area contributed by atoms with Crippen LogP contribution in [-0.2, 0) is 13.6 Å². The molecule has 2 aliphatic rings. The maximum atomic E-state index is 12.1. The predicted molar refractivity (Wildman–Crippen MR) is 142 cm³/mol. The van der Waals surface area contributed by atoms with Gasteiger partial charge in [0.1, 0.15) is 18.3 Å². The first-order chi connectivity index (χ1) is 14.9. The Kier molecular flexibility index (Phi) is 8.40. The number of allylic oxidation sites excluding steroid dienone is 1. The third-order valence-electron chi connectivity index (χ3n) is 7.59. The first kappa shape index (κ1) is 28.1. The molecule has 0 saturated heterocycles. The topological polar surface area (TPSA) is 47.9 Å². The van der Waals surface area contributed by atoms with Crippen LogP contribution in [-0.4, -0.2) is 52.8 Å². The van der Waals surface area contributed by atoms with Gasteiger partial charge in [-0.15, -0.1) is 0 Å². The van der Waals surface area contributed by atoms with Crippen LogP contribution in [0.4, 0.5) is 0 Å². The second-order valence-electron chi connectivity index (χ2n) is 12.3. The molecule has 0 amide bonds. The highest BCUT2D eigenvalue weighted by molar-refractivity contribution is 6.74. The van der Waals surface area contributed by atoms with E-state index < -0.39 is 28.3 Å². The summed E-state index contributed by atoms with van der Waals surface area (Å²) in [5.74, 6) is 12.6. The molecule has 0 fully saturated rings. The first-order valence-electron chi connectivity index (χ1n) is 11.9. The molecule has 0 bridgehead atoms. The summed E-state index contributed by atoms with van der Waals surface area (Å²) >= 11 is 0. The third kappa shape index (κ3) is 6.51. The van der Waals surface area contributed by atoms with Gasteiger partial charge in [-0.1, -0.05) is 65.2 Å². The normalized spacial score (nSPS) is 28.6. The largest absolute Gasteiger partial charge is 0.408 e.